The Bertz CT molecular complexity index is 654. The fraction of sp³-hybridized carbons (Fsp3) is 0.682. The van der Waals surface area contributed by atoms with Crippen LogP contribution in [-0.4, -0.2) is 28.1 Å². The minimum absolute atomic E-state index is 0.0888. The monoisotopic (exact) mass is 362 g/mol. The number of rotatable bonds is 8. The van der Waals surface area contributed by atoms with Gasteiger partial charge in [0.1, 0.15) is 5.78 Å². The predicted molar refractivity (Wildman–Crippen MR) is 104 cm³/mol. The van der Waals surface area contributed by atoms with Crippen LogP contribution in [0.15, 0.2) is 22.3 Å². The lowest BCUT2D eigenvalue weighted by Crippen LogP contribution is -2.27. The fourth-order valence-electron chi connectivity index (χ4n) is 3.02. The summed E-state index contributed by atoms with van der Waals surface area (Å²) in [5, 5.41) is 10.6. The molecule has 0 amide bonds. The van der Waals surface area contributed by atoms with E-state index < -0.39 is 5.60 Å². The molecule has 26 heavy (non-hydrogen) atoms. The zero-order valence-corrected chi connectivity index (χ0v) is 17.4. The van der Waals surface area contributed by atoms with Crippen LogP contribution in [0.2, 0.25) is 0 Å². The first-order valence-corrected chi connectivity index (χ1v) is 9.46. The molecule has 0 aromatic rings. The Balaban J connectivity index is 2.62. The van der Waals surface area contributed by atoms with E-state index in [0.717, 1.165) is 6.42 Å². The topological polar surface area (TPSA) is 71.4 Å². The molecule has 0 fully saturated rings. The predicted octanol–water partition coefficient (Wildman–Crippen LogP) is 4.50. The number of carbonyl (C=O) groups excluding carboxylic acids is 3. The molecular weight excluding hydrogens is 328 g/mol. The van der Waals surface area contributed by atoms with Gasteiger partial charge < -0.3 is 5.11 Å². The highest BCUT2D eigenvalue weighted by Gasteiger charge is 2.30. The molecule has 4 nitrogen and oxygen atoms in total. The van der Waals surface area contributed by atoms with Crippen LogP contribution in [0, 0.1) is 5.41 Å². The summed E-state index contributed by atoms with van der Waals surface area (Å²) >= 11 is 0. The van der Waals surface area contributed by atoms with E-state index in [2.05, 4.69) is 20.8 Å². The highest BCUT2D eigenvalue weighted by molar-refractivity contribution is 6.24. The van der Waals surface area contributed by atoms with Crippen molar-refractivity contribution >= 4 is 17.3 Å². The lowest BCUT2D eigenvalue weighted by molar-refractivity contribution is -0.121. The molecule has 0 radical (unpaired) electrons. The molecule has 4 heteroatoms. The van der Waals surface area contributed by atoms with Crippen LogP contribution in [0.5, 0.6) is 0 Å². The van der Waals surface area contributed by atoms with Crippen LogP contribution in [0.1, 0.15) is 87.0 Å². The summed E-state index contributed by atoms with van der Waals surface area (Å²) in [4.78, 5) is 36.7. The largest absolute Gasteiger partial charge is 0.390 e. The third-order valence-electron chi connectivity index (χ3n) is 5.32. The van der Waals surface area contributed by atoms with Gasteiger partial charge in [0.15, 0.2) is 11.6 Å². The van der Waals surface area contributed by atoms with Gasteiger partial charge in [-0.3, -0.25) is 14.4 Å². The van der Waals surface area contributed by atoms with Crippen molar-refractivity contribution in [3.63, 3.8) is 0 Å². The van der Waals surface area contributed by atoms with E-state index in [4.69, 9.17) is 0 Å². The zero-order valence-electron chi connectivity index (χ0n) is 17.4. The van der Waals surface area contributed by atoms with Gasteiger partial charge >= 0.3 is 0 Å². The molecule has 146 valence electrons. The molecule has 1 rings (SSSR count). The fourth-order valence-corrected chi connectivity index (χ4v) is 3.02. The second-order valence-electron chi connectivity index (χ2n) is 9.11. The van der Waals surface area contributed by atoms with E-state index in [-0.39, 0.29) is 22.8 Å². The average molecular weight is 363 g/mol. The number of hydrogen-bond donors (Lipinski definition) is 1. The van der Waals surface area contributed by atoms with E-state index in [1.54, 1.807) is 27.7 Å². The van der Waals surface area contributed by atoms with Gasteiger partial charge in [0.25, 0.3) is 0 Å². The highest BCUT2D eigenvalue weighted by atomic mass is 16.3. The Morgan fingerprint density at radius 3 is 1.85 bits per heavy atom. The van der Waals surface area contributed by atoms with Crippen molar-refractivity contribution in [3.8, 4) is 0 Å². The summed E-state index contributed by atoms with van der Waals surface area (Å²) < 4.78 is 0. The molecule has 0 aromatic heterocycles. The second kappa shape index (κ2) is 8.43. The number of Topliss-reactive ketones (excluding diaryl/α,β-unsaturated/α-hetero) is 3. The van der Waals surface area contributed by atoms with E-state index in [9.17, 15) is 19.5 Å². The van der Waals surface area contributed by atoms with Gasteiger partial charge in [-0.2, -0.15) is 0 Å². The lowest BCUT2D eigenvalue weighted by atomic mass is 9.81. The van der Waals surface area contributed by atoms with Crippen LogP contribution >= 0.6 is 0 Å². The van der Waals surface area contributed by atoms with E-state index in [0.29, 0.717) is 54.4 Å². The highest BCUT2D eigenvalue weighted by Crippen LogP contribution is 2.30. The maximum absolute atomic E-state index is 12.5. The summed E-state index contributed by atoms with van der Waals surface area (Å²) in [5.74, 6) is -0.0281. The SMILES string of the molecule is CC1=C(C)C(=O)C(CCC(C)(O)CCC(=O)CCC(C)(C)C)=C(C)C1=O. The normalized spacial score (nSPS) is 18.5. The van der Waals surface area contributed by atoms with Crippen LogP contribution in [0.25, 0.3) is 0 Å². The minimum atomic E-state index is -1.03. The number of carbonyl (C=O) groups is 3. The molecular formula is C22H34O4. The van der Waals surface area contributed by atoms with Gasteiger partial charge in [0, 0.05) is 35.1 Å². The van der Waals surface area contributed by atoms with Crippen LogP contribution in [0.4, 0.5) is 0 Å². The first-order valence-electron chi connectivity index (χ1n) is 9.46. The average Bonchev–Trinajstić information content (AvgIpc) is 2.54. The maximum atomic E-state index is 12.5. The first kappa shape index (κ1) is 22.5. The molecule has 0 aliphatic heterocycles. The summed E-state index contributed by atoms with van der Waals surface area (Å²) in [5.41, 5.74) is 1.07. The molecule has 0 bridgehead atoms. The van der Waals surface area contributed by atoms with Crippen molar-refractivity contribution in [2.24, 2.45) is 5.41 Å². The van der Waals surface area contributed by atoms with E-state index in [1.165, 1.54) is 0 Å². The van der Waals surface area contributed by atoms with Crippen molar-refractivity contribution in [1.82, 2.24) is 0 Å². The second-order valence-corrected chi connectivity index (χ2v) is 9.11. The van der Waals surface area contributed by atoms with Crippen LogP contribution in [-0.2, 0) is 14.4 Å². The Kier molecular flexibility index (Phi) is 7.29. The van der Waals surface area contributed by atoms with Crippen molar-refractivity contribution < 1.29 is 19.5 Å². The zero-order chi connectivity index (χ0) is 20.3. The molecule has 0 aromatic carbocycles. The third-order valence-corrected chi connectivity index (χ3v) is 5.32. The molecule has 0 saturated heterocycles. The third kappa shape index (κ3) is 6.31. The van der Waals surface area contributed by atoms with Crippen LogP contribution < -0.4 is 0 Å². The smallest absolute Gasteiger partial charge is 0.185 e. The van der Waals surface area contributed by atoms with Gasteiger partial charge in [-0.05, 0) is 58.8 Å². The van der Waals surface area contributed by atoms with Gasteiger partial charge in [-0.25, -0.2) is 0 Å². The van der Waals surface area contributed by atoms with Crippen molar-refractivity contribution in [1.29, 1.82) is 0 Å². The Morgan fingerprint density at radius 2 is 1.31 bits per heavy atom. The first-order chi connectivity index (χ1) is 11.7. The van der Waals surface area contributed by atoms with Gasteiger partial charge in [0.05, 0.1) is 5.60 Å². The summed E-state index contributed by atoms with van der Waals surface area (Å²) in [6.45, 7) is 13.0. The molecule has 1 aliphatic carbocycles. The summed E-state index contributed by atoms with van der Waals surface area (Å²) in [6, 6.07) is 0. The summed E-state index contributed by atoms with van der Waals surface area (Å²) in [7, 11) is 0. The number of ketones is 3. The maximum Gasteiger partial charge on any atom is 0.185 e. The molecule has 0 heterocycles. The standard InChI is InChI=1S/C22H34O4/c1-14-15(2)20(25)18(16(3)19(14)24)10-13-22(7,26)12-9-17(23)8-11-21(4,5)6/h26H,8-13H2,1-7H3. The lowest BCUT2D eigenvalue weighted by Gasteiger charge is -2.25. The van der Waals surface area contributed by atoms with E-state index in [1.807, 2.05) is 0 Å². The molecule has 0 spiro atoms. The number of hydrogen-bond acceptors (Lipinski definition) is 4. The van der Waals surface area contributed by atoms with Crippen molar-refractivity contribution in [2.75, 3.05) is 0 Å². The summed E-state index contributed by atoms with van der Waals surface area (Å²) in [6.07, 6.45) is 2.79. The molecule has 1 aliphatic rings. The van der Waals surface area contributed by atoms with Gasteiger partial charge in [-0.15, -0.1) is 0 Å². The quantitative estimate of drug-likeness (QED) is 0.645. The Morgan fingerprint density at radius 1 is 0.808 bits per heavy atom. The molecule has 0 saturated carbocycles. The van der Waals surface area contributed by atoms with Crippen molar-refractivity contribution in [3.05, 3.63) is 22.3 Å². The Hall–Kier alpha value is -1.55. The molecule has 1 atom stereocenters. The number of aliphatic hydroxyl groups is 1. The minimum Gasteiger partial charge on any atom is -0.390 e. The molecule has 1 unspecified atom stereocenters. The van der Waals surface area contributed by atoms with Crippen molar-refractivity contribution in [2.45, 2.75) is 92.6 Å². The van der Waals surface area contributed by atoms with Gasteiger partial charge in [0.2, 0.25) is 0 Å². The number of allylic oxidation sites excluding steroid dienone is 4. The van der Waals surface area contributed by atoms with Gasteiger partial charge in [-0.1, -0.05) is 20.8 Å². The molecule has 1 N–H and O–H groups in total. The Labute approximate surface area is 157 Å². The van der Waals surface area contributed by atoms with E-state index >= 15 is 0 Å². The van der Waals surface area contributed by atoms with Crippen LogP contribution in [0.3, 0.4) is 0 Å².